The van der Waals surface area contributed by atoms with E-state index in [0.717, 1.165) is 61.2 Å². The maximum absolute atomic E-state index is 12.9. The fourth-order valence-electron chi connectivity index (χ4n) is 5.05. The summed E-state index contributed by atoms with van der Waals surface area (Å²) < 4.78 is 6.24. The van der Waals surface area contributed by atoms with Crippen LogP contribution in [0.4, 0.5) is 5.13 Å². The van der Waals surface area contributed by atoms with Gasteiger partial charge in [0, 0.05) is 48.7 Å². The molecular weight excluding hydrogens is 524 g/mol. The summed E-state index contributed by atoms with van der Waals surface area (Å²) in [7, 11) is 1.73. The minimum Gasteiger partial charge on any atom is -0.456 e. The fraction of sp³-hybridized carbons (Fsp3) is 0.367. The van der Waals surface area contributed by atoms with Crippen LogP contribution >= 0.6 is 11.3 Å². The van der Waals surface area contributed by atoms with Gasteiger partial charge in [-0.2, -0.15) is 5.10 Å². The van der Waals surface area contributed by atoms with Crippen LogP contribution < -0.4 is 9.64 Å². The highest BCUT2D eigenvalue weighted by Crippen LogP contribution is 2.32. The number of anilines is 1. The number of aromatic amines is 1. The number of carbonyl (C=O) groups excluding carboxylic acids is 2. The summed E-state index contributed by atoms with van der Waals surface area (Å²) in [6.07, 6.45) is 8.36. The minimum absolute atomic E-state index is 0.0707. The van der Waals surface area contributed by atoms with Crippen molar-refractivity contribution in [2.75, 3.05) is 25.0 Å². The summed E-state index contributed by atoms with van der Waals surface area (Å²) in [6.45, 7) is 5.22. The largest absolute Gasteiger partial charge is 0.456 e. The van der Waals surface area contributed by atoms with Crippen LogP contribution in [0.1, 0.15) is 53.5 Å². The number of aromatic nitrogens is 4. The summed E-state index contributed by atoms with van der Waals surface area (Å²) in [5.41, 5.74) is 2.13. The van der Waals surface area contributed by atoms with Crippen molar-refractivity contribution >= 4 is 39.3 Å². The normalized spacial score (nSPS) is 15.0. The summed E-state index contributed by atoms with van der Waals surface area (Å²) in [6, 6.07) is 8.93. The summed E-state index contributed by atoms with van der Waals surface area (Å²) >= 11 is 1.48. The Morgan fingerprint density at radius 1 is 1.23 bits per heavy atom. The number of thiazole rings is 1. The average Bonchev–Trinajstić information content (AvgIpc) is 3.60. The maximum atomic E-state index is 12.9. The molecule has 3 aromatic heterocycles. The number of rotatable bonds is 8. The molecule has 4 aromatic rings. The van der Waals surface area contributed by atoms with E-state index in [1.807, 2.05) is 17.9 Å². The Morgan fingerprint density at radius 2 is 2.05 bits per heavy atom. The van der Waals surface area contributed by atoms with Crippen LogP contribution in [0, 0.1) is 24.7 Å². The molecule has 0 radical (unpaired) electrons. The van der Waals surface area contributed by atoms with Crippen LogP contribution in [0.15, 0.2) is 42.7 Å². The second-order valence-electron chi connectivity index (χ2n) is 9.98. The Kier molecular flexibility index (Phi) is 8.41. The van der Waals surface area contributed by atoms with Crippen molar-refractivity contribution in [2.24, 2.45) is 5.92 Å². The lowest BCUT2D eigenvalue weighted by Gasteiger charge is -2.31. The molecule has 0 spiro atoms. The average molecular weight is 557 g/mol. The highest BCUT2D eigenvalue weighted by atomic mass is 32.1. The van der Waals surface area contributed by atoms with Gasteiger partial charge in [-0.25, -0.2) is 9.97 Å². The zero-order valence-corrected chi connectivity index (χ0v) is 23.8. The number of pyridine rings is 1. The number of hydrogen-bond donors (Lipinski definition) is 1. The SMILES string of the molecule is CC#CC(=O)N1CCC[C@@H](CCCc2[nH]nc3nccc(Oc4ccc(C(=O)N(C)c5ncc(C)s5)cc4)c23)C1. The van der Waals surface area contributed by atoms with E-state index >= 15 is 0 Å². The van der Waals surface area contributed by atoms with Gasteiger partial charge in [0.1, 0.15) is 11.5 Å². The van der Waals surface area contributed by atoms with Crippen LogP contribution in [0.25, 0.3) is 11.0 Å². The monoisotopic (exact) mass is 556 g/mol. The van der Waals surface area contributed by atoms with E-state index in [2.05, 4.69) is 32.0 Å². The molecule has 5 rings (SSSR count). The lowest BCUT2D eigenvalue weighted by Crippen LogP contribution is -2.39. The highest BCUT2D eigenvalue weighted by Gasteiger charge is 2.23. The molecule has 40 heavy (non-hydrogen) atoms. The van der Waals surface area contributed by atoms with Crippen LogP contribution in [0.2, 0.25) is 0 Å². The van der Waals surface area contributed by atoms with Gasteiger partial charge in [-0.1, -0.05) is 5.92 Å². The molecule has 2 amide bonds. The molecule has 1 aliphatic heterocycles. The third-order valence-electron chi connectivity index (χ3n) is 7.10. The number of H-pyrrole nitrogens is 1. The second-order valence-corrected chi connectivity index (χ2v) is 11.2. The van der Waals surface area contributed by atoms with Crippen molar-refractivity contribution in [2.45, 2.75) is 46.0 Å². The van der Waals surface area contributed by atoms with Crippen LogP contribution in [-0.2, 0) is 11.2 Å². The molecule has 9 nitrogen and oxygen atoms in total. The molecule has 1 N–H and O–H groups in total. The van der Waals surface area contributed by atoms with Crippen molar-refractivity contribution in [1.29, 1.82) is 0 Å². The Hall–Kier alpha value is -4.23. The first-order valence-electron chi connectivity index (χ1n) is 13.4. The molecule has 206 valence electrons. The lowest BCUT2D eigenvalue weighted by atomic mass is 9.92. The summed E-state index contributed by atoms with van der Waals surface area (Å²) in [5.74, 6) is 6.92. The van der Waals surface area contributed by atoms with Gasteiger partial charge in [0.25, 0.3) is 11.8 Å². The van der Waals surface area contributed by atoms with Gasteiger partial charge in [0.15, 0.2) is 10.8 Å². The van der Waals surface area contributed by atoms with E-state index in [1.54, 1.807) is 55.5 Å². The van der Waals surface area contributed by atoms with Gasteiger partial charge >= 0.3 is 0 Å². The quantitative estimate of drug-likeness (QED) is 0.293. The molecule has 0 saturated carbocycles. The number of ether oxygens (including phenoxy) is 1. The molecule has 0 aliphatic carbocycles. The van der Waals surface area contributed by atoms with E-state index in [9.17, 15) is 9.59 Å². The van der Waals surface area contributed by atoms with Crippen molar-refractivity contribution in [3.8, 4) is 23.3 Å². The topological polar surface area (TPSA) is 104 Å². The smallest absolute Gasteiger partial charge is 0.298 e. The Morgan fingerprint density at radius 3 is 2.80 bits per heavy atom. The van der Waals surface area contributed by atoms with Crippen LogP contribution in [0.3, 0.4) is 0 Å². The molecular formula is C30H32N6O3S. The number of nitrogens with one attached hydrogen (secondary N) is 1. The van der Waals surface area contributed by atoms with E-state index in [0.29, 0.717) is 33.8 Å². The molecule has 1 atom stereocenters. The Bertz CT molecular complexity index is 1570. The first-order chi connectivity index (χ1) is 19.4. The standard InChI is InChI=1S/C30H32N6O3S/c1-4-7-26(37)36-17-6-9-21(19-36)8-5-10-24-27-25(15-16-31-28(27)34-33-24)39-23-13-11-22(12-14-23)29(38)35(3)30-32-18-20(2)40-30/h11-16,18,21H,5-6,8-10,17,19H2,1-3H3,(H,31,33,34)/t21-/m1/s1. The molecule has 1 aliphatic rings. The molecule has 10 heteroatoms. The first-order valence-corrected chi connectivity index (χ1v) is 14.3. The second kappa shape index (κ2) is 12.3. The number of carbonyl (C=O) groups is 2. The fourth-order valence-corrected chi connectivity index (χ4v) is 5.77. The van der Waals surface area contributed by atoms with E-state index in [-0.39, 0.29) is 11.8 Å². The van der Waals surface area contributed by atoms with E-state index in [4.69, 9.17) is 4.74 Å². The third kappa shape index (κ3) is 6.15. The zero-order valence-electron chi connectivity index (χ0n) is 22.9. The number of piperidine rings is 1. The predicted molar refractivity (Wildman–Crippen MR) is 156 cm³/mol. The van der Waals surface area contributed by atoms with Crippen molar-refractivity contribution in [3.05, 3.63) is 58.9 Å². The van der Waals surface area contributed by atoms with Gasteiger partial charge in [-0.15, -0.1) is 11.3 Å². The number of nitrogens with zero attached hydrogens (tertiary/aromatic N) is 5. The Labute approximate surface area is 237 Å². The van der Waals surface area contributed by atoms with Crippen molar-refractivity contribution in [1.82, 2.24) is 25.1 Å². The third-order valence-corrected chi connectivity index (χ3v) is 8.09. The van der Waals surface area contributed by atoms with Gasteiger partial charge in [-0.05, 0) is 88.1 Å². The zero-order chi connectivity index (χ0) is 28.1. The molecule has 1 aromatic carbocycles. The predicted octanol–water partition coefficient (Wildman–Crippen LogP) is 5.38. The first kappa shape index (κ1) is 27.3. The number of fused-ring (bicyclic) bond motifs is 1. The molecule has 4 heterocycles. The summed E-state index contributed by atoms with van der Waals surface area (Å²) in [5, 5.41) is 9.06. The highest BCUT2D eigenvalue weighted by molar-refractivity contribution is 7.15. The van der Waals surface area contributed by atoms with Gasteiger partial charge in [0.2, 0.25) is 0 Å². The molecule has 0 unspecified atom stereocenters. The Balaban J connectivity index is 1.23. The van der Waals surface area contributed by atoms with Crippen molar-refractivity contribution < 1.29 is 14.3 Å². The lowest BCUT2D eigenvalue weighted by molar-refractivity contribution is -0.126. The maximum Gasteiger partial charge on any atom is 0.298 e. The van der Waals surface area contributed by atoms with Gasteiger partial charge in [0.05, 0.1) is 5.39 Å². The van der Waals surface area contributed by atoms with E-state index < -0.39 is 0 Å². The summed E-state index contributed by atoms with van der Waals surface area (Å²) in [4.78, 5) is 38.3. The van der Waals surface area contributed by atoms with E-state index in [1.165, 1.54) is 11.3 Å². The molecule has 1 fully saturated rings. The number of hydrogen-bond acceptors (Lipinski definition) is 7. The number of benzene rings is 1. The van der Waals surface area contributed by atoms with Gasteiger partial charge in [-0.3, -0.25) is 19.6 Å². The van der Waals surface area contributed by atoms with Crippen molar-refractivity contribution in [3.63, 3.8) is 0 Å². The molecule has 0 bridgehead atoms. The number of amides is 2. The van der Waals surface area contributed by atoms with Crippen LogP contribution in [0.5, 0.6) is 11.5 Å². The number of likely N-dealkylation sites (tertiary alicyclic amines) is 1. The minimum atomic E-state index is -0.131. The van der Waals surface area contributed by atoms with Gasteiger partial charge < -0.3 is 9.64 Å². The van der Waals surface area contributed by atoms with Crippen LogP contribution in [-0.4, -0.2) is 57.0 Å². The number of aryl methyl sites for hydroxylation is 2. The molecule has 1 saturated heterocycles.